The Balaban J connectivity index is 1.59. The van der Waals surface area contributed by atoms with Gasteiger partial charge in [-0.25, -0.2) is 4.98 Å². The first-order valence-corrected chi connectivity index (χ1v) is 8.71. The van der Waals surface area contributed by atoms with Gasteiger partial charge in [0.2, 0.25) is 0 Å². The van der Waals surface area contributed by atoms with Crippen molar-refractivity contribution in [3.63, 3.8) is 0 Å². The Morgan fingerprint density at radius 2 is 2.25 bits per heavy atom. The molecule has 2 aromatic rings. The Labute approximate surface area is 143 Å². The first-order valence-electron chi connectivity index (χ1n) is 8.71. The number of β-amino-alcohol motifs (C(OH)–C–C–N with tert-alkyl or cyclic N) is 1. The van der Waals surface area contributed by atoms with Crippen molar-refractivity contribution in [2.75, 3.05) is 19.7 Å². The molecule has 5 nitrogen and oxygen atoms in total. The van der Waals surface area contributed by atoms with Crippen molar-refractivity contribution in [1.29, 1.82) is 0 Å². The van der Waals surface area contributed by atoms with Crippen LogP contribution in [0.3, 0.4) is 0 Å². The highest BCUT2D eigenvalue weighted by Gasteiger charge is 2.34. The van der Waals surface area contributed by atoms with Crippen LogP contribution in [-0.4, -0.2) is 44.9 Å². The molecular formula is C19H27N3O2. The third-order valence-electron chi connectivity index (χ3n) is 4.66. The van der Waals surface area contributed by atoms with Crippen LogP contribution < -0.4 is 4.74 Å². The molecule has 2 heterocycles. The van der Waals surface area contributed by atoms with Crippen molar-refractivity contribution in [3.8, 4) is 5.75 Å². The maximum atomic E-state index is 10.9. The number of aliphatic hydroxyl groups is 1. The van der Waals surface area contributed by atoms with Gasteiger partial charge in [0, 0.05) is 25.8 Å². The minimum Gasteiger partial charge on any atom is -0.491 e. The van der Waals surface area contributed by atoms with Crippen molar-refractivity contribution < 1.29 is 9.84 Å². The molecule has 1 aromatic carbocycles. The molecule has 130 valence electrons. The van der Waals surface area contributed by atoms with Gasteiger partial charge in [0.15, 0.2) is 0 Å². The molecule has 1 aliphatic rings. The van der Waals surface area contributed by atoms with Crippen LogP contribution in [-0.2, 0) is 13.1 Å². The van der Waals surface area contributed by atoms with Crippen LogP contribution in [0.5, 0.6) is 5.75 Å². The van der Waals surface area contributed by atoms with Crippen molar-refractivity contribution >= 4 is 0 Å². The molecule has 1 N–H and O–H groups in total. The summed E-state index contributed by atoms with van der Waals surface area (Å²) in [4.78, 5) is 6.53. The Morgan fingerprint density at radius 1 is 1.38 bits per heavy atom. The summed E-state index contributed by atoms with van der Waals surface area (Å²) >= 11 is 0. The minimum absolute atomic E-state index is 0.333. The fourth-order valence-corrected chi connectivity index (χ4v) is 3.38. The largest absolute Gasteiger partial charge is 0.491 e. The van der Waals surface area contributed by atoms with Crippen LogP contribution >= 0.6 is 0 Å². The smallest absolute Gasteiger partial charge is 0.119 e. The van der Waals surface area contributed by atoms with E-state index in [1.54, 1.807) is 0 Å². The summed E-state index contributed by atoms with van der Waals surface area (Å²) in [5, 5.41) is 10.9. The fourth-order valence-electron chi connectivity index (χ4n) is 3.38. The van der Waals surface area contributed by atoms with E-state index in [2.05, 4.69) is 21.4 Å². The molecule has 1 aromatic heterocycles. The number of hydrogen-bond donors (Lipinski definition) is 1. The van der Waals surface area contributed by atoms with Crippen molar-refractivity contribution in [2.45, 2.75) is 45.4 Å². The predicted octanol–water partition coefficient (Wildman–Crippen LogP) is 2.62. The molecule has 1 saturated heterocycles. The van der Waals surface area contributed by atoms with Crippen molar-refractivity contribution in [3.05, 3.63) is 48.0 Å². The van der Waals surface area contributed by atoms with Gasteiger partial charge in [-0.3, -0.25) is 4.90 Å². The maximum absolute atomic E-state index is 10.9. The third kappa shape index (κ3) is 4.16. The Hall–Kier alpha value is -1.85. The second-order valence-electron chi connectivity index (χ2n) is 6.81. The van der Waals surface area contributed by atoms with Gasteiger partial charge in [0.05, 0.1) is 12.0 Å². The molecule has 1 fully saturated rings. The van der Waals surface area contributed by atoms with E-state index in [-0.39, 0.29) is 0 Å². The molecule has 3 rings (SSSR count). The highest BCUT2D eigenvalue weighted by atomic mass is 16.5. The molecule has 0 saturated carbocycles. The second-order valence-corrected chi connectivity index (χ2v) is 6.81. The lowest BCUT2D eigenvalue weighted by molar-refractivity contribution is -0.0625. The number of piperidine rings is 1. The monoisotopic (exact) mass is 329 g/mol. The van der Waals surface area contributed by atoms with Gasteiger partial charge in [0.25, 0.3) is 0 Å². The molecule has 0 amide bonds. The molecule has 1 aliphatic heterocycles. The Bertz CT molecular complexity index is 670. The van der Waals surface area contributed by atoms with Gasteiger partial charge in [-0.05, 0) is 50.9 Å². The number of benzene rings is 1. The average molecular weight is 329 g/mol. The quantitative estimate of drug-likeness (QED) is 0.885. The number of rotatable bonds is 6. The zero-order valence-electron chi connectivity index (χ0n) is 14.6. The maximum Gasteiger partial charge on any atom is 0.119 e. The molecule has 0 unspecified atom stereocenters. The predicted molar refractivity (Wildman–Crippen MR) is 94.0 cm³/mol. The number of imidazole rings is 1. The van der Waals surface area contributed by atoms with Crippen molar-refractivity contribution in [2.24, 2.45) is 0 Å². The van der Waals surface area contributed by atoms with E-state index in [4.69, 9.17) is 4.74 Å². The van der Waals surface area contributed by atoms with E-state index >= 15 is 0 Å². The fraction of sp³-hybridized carbons (Fsp3) is 0.526. The standard InChI is InChI=1S/C19H27N3O2/c1-3-22-15-20-11-17(22)12-21-9-5-8-19(23,13-21)14-24-18-7-4-6-16(2)10-18/h4,6-7,10-11,15,23H,3,5,8-9,12-14H2,1-2H3/t19-/m0/s1. The molecule has 0 bridgehead atoms. The average Bonchev–Trinajstić information content (AvgIpc) is 3.00. The van der Waals surface area contributed by atoms with Gasteiger partial charge >= 0.3 is 0 Å². The Kier molecular flexibility index (Phi) is 5.21. The molecule has 24 heavy (non-hydrogen) atoms. The number of aromatic nitrogens is 2. The number of aryl methyl sites for hydroxylation is 2. The number of likely N-dealkylation sites (tertiary alicyclic amines) is 1. The van der Waals surface area contributed by atoms with Crippen molar-refractivity contribution in [1.82, 2.24) is 14.5 Å². The topological polar surface area (TPSA) is 50.5 Å². The van der Waals surface area contributed by atoms with E-state index in [9.17, 15) is 5.11 Å². The molecule has 1 atom stereocenters. The highest BCUT2D eigenvalue weighted by Crippen LogP contribution is 2.24. The number of ether oxygens (including phenoxy) is 1. The number of nitrogens with zero attached hydrogens (tertiary/aromatic N) is 3. The first kappa shape index (κ1) is 17.0. The summed E-state index contributed by atoms with van der Waals surface area (Å²) in [5.74, 6) is 0.824. The summed E-state index contributed by atoms with van der Waals surface area (Å²) in [6.07, 6.45) is 5.54. The zero-order valence-corrected chi connectivity index (χ0v) is 14.6. The van der Waals surface area contributed by atoms with E-state index in [1.165, 1.54) is 5.69 Å². The van der Waals surface area contributed by atoms with Crippen LogP contribution in [0.4, 0.5) is 0 Å². The normalized spacial score (nSPS) is 21.8. The van der Waals surface area contributed by atoms with Gasteiger partial charge in [-0.15, -0.1) is 0 Å². The lowest BCUT2D eigenvalue weighted by Crippen LogP contribution is -2.51. The summed E-state index contributed by atoms with van der Waals surface area (Å²) < 4.78 is 8.01. The molecule has 0 aliphatic carbocycles. The summed E-state index contributed by atoms with van der Waals surface area (Å²) in [5.41, 5.74) is 1.57. The third-order valence-corrected chi connectivity index (χ3v) is 4.66. The van der Waals surface area contributed by atoms with E-state index in [0.717, 1.165) is 43.8 Å². The molecular weight excluding hydrogens is 302 g/mol. The van der Waals surface area contributed by atoms with Crippen LogP contribution in [0.15, 0.2) is 36.8 Å². The first-order chi connectivity index (χ1) is 11.6. The minimum atomic E-state index is -0.793. The van der Waals surface area contributed by atoms with E-state index in [0.29, 0.717) is 13.2 Å². The lowest BCUT2D eigenvalue weighted by atomic mass is 9.93. The Morgan fingerprint density at radius 3 is 3.04 bits per heavy atom. The SMILES string of the molecule is CCn1cncc1CN1CCC[C@@](O)(COc2cccc(C)c2)C1. The van der Waals surface area contributed by atoms with Gasteiger partial charge in [-0.2, -0.15) is 0 Å². The molecule has 5 heteroatoms. The zero-order chi connectivity index (χ0) is 17.0. The summed E-state index contributed by atoms with van der Waals surface area (Å²) in [6, 6.07) is 7.97. The second kappa shape index (κ2) is 7.36. The molecule has 0 spiro atoms. The van der Waals surface area contributed by atoms with Crippen LogP contribution in [0, 0.1) is 6.92 Å². The summed E-state index contributed by atoms with van der Waals surface area (Å²) in [7, 11) is 0. The van der Waals surface area contributed by atoms with Crippen LogP contribution in [0.25, 0.3) is 0 Å². The molecule has 0 radical (unpaired) electrons. The van der Waals surface area contributed by atoms with E-state index < -0.39 is 5.60 Å². The highest BCUT2D eigenvalue weighted by molar-refractivity contribution is 5.27. The van der Waals surface area contributed by atoms with Gasteiger partial charge in [0.1, 0.15) is 18.0 Å². The van der Waals surface area contributed by atoms with Crippen LogP contribution in [0.2, 0.25) is 0 Å². The lowest BCUT2D eigenvalue weighted by Gasteiger charge is -2.39. The summed E-state index contributed by atoms with van der Waals surface area (Å²) in [6.45, 7) is 7.87. The van der Waals surface area contributed by atoms with Gasteiger partial charge in [-0.1, -0.05) is 12.1 Å². The van der Waals surface area contributed by atoms with Gasteiger partial charge < -0.3 is 14.4 Å². The van der Waals surface area contributed by atoms with Crippen LogP contribution in [0.1, 0.15) is 31.0 Å². The van der Waals surface area contributed by atoms with E-state index in [1.807, 2.05) is 43.7 Å². The number of hydrogen-bond acceptors (Lipinski definition) is 4.